The molecule has 4 saturated carbocycles. The van der Waals surface area contributed by atoms with E-state index in [1.807, 2.05) is 7.05 Å². The fourth-order valence-corrected chi connectivity index (χ4v) is 6.27. The van der Waals surface area contributed by atoms with Crippen molar-refractivity contribution in [1.82, 2.24) is 21.3 Å². The van der Waals surface area contributed by atoms with Crippen LogP contribution in [-0.2, 0) is 4.79 Å². The van der Waals surface area contributed by atoms with Crippen molar-refractivity contribution in [3.8, 4) is 0 Å². The summed E-state index contributed by atoms with van der Waals surface area (Å²) in [6, 6.07) is 0. The van der Waals surface area contributed by atoms with Gasteiger partial charge in [0.05, 0.1) is 0 Å². The summed E-state index contributed by atoms with van der Waals surface area (Å²) in [6.07, 6.45) is 11.4. The molecule has 27 heavy (non-hydrogen) atoms. The van der Waals surface area contributed by atoms with Crippen LogP contribution in [0.4, 0.5) is 0 Å². The molecule has 150 valence electrons. The Bertz CT molecular complexity index is 599. The average molecular weight is 394 g/mol. The molecule has 5 rings (SSSR count). The van der Waals surface area contributed by atoms with Gasteiger partial charge >= 0.3 is 0 Å². The molecule has 5 aliphatic rings. The van der Waals surface area contributed by atoms with Crippen LogP contribution in [0.2, 0.25) is 0 Å². The van der Waals surface area contributed by atoms with E-state index in [4.69, 9.17) is 11.6 Å². The Morgan fingerprint density at radius 1 is 1.19 bits per heavy atom. The fraction of sp³-hybridized carbons (Fsp3) is 0.800. The number of nitrogens with zero attached hydrogens (tertiary/aromatic N) is 1. The van der Waals surface area contributed by atoms with E-state index in [0.29, 0.717) is 17.1 Å². The number of hydrogen-bond acceptors (Lipinski definition) is 5. The van der Waals surface area contributed by atoms with Crippen LogP contribution in [0.3, 0.4) is 0 Å². The van der Waals surface area contributed by atoms with Crippen molar-refractivity contribution in [3.05, 3.63) is 11.4 Å². The van der Waals surface area contributed by atoms with Gasteiger partial charge < -0.3 is 21.3 Å². The molecular formula is C20H32ClN5O. The van der Waals surface area contributed by atoms with E-state index in [1.165, 1.54) is 38.5 Å². The third-order valence-electron chi connectivity index (χ3n) is 7.01. The predicted molar refractivity (Wildman–Crippen MR) is 109 cm³/mol. The molecule has 0 saturated heterocycles. The predicted octanol–water partition coefficient (Wildman–Crippen LogP) is 1.58. The van der Waals surface area contributed by atoms with Crippen molar-refractivity contribution in [2.45, 2.75) is 44.1 Å². The summed E-state index contributed by atoms with van der Waals surface area (Å²) in [5, 5.41) is 13.3. The zero-order valence-corrected chi connectivity index (χ0v) is 16.9. The molecule has 4 N–H and O–H groups in total. The monoisotopic (exact) mass is 393 g/mol. The van der Waals surface area contributed by atoms with E-state index < -0.39 is 5.54 Å². The third-order valence-corrected chi connectivity index (χ3v) is 7.21. The lowest BCUT2D eigenvalue weighted by Crippen LogP contribution is -2.64. The van der Waals surface area contributed by atoms with Crippen molar-refractivity contribution in [2.24, 2.45) is 28.2 Å². The summed E-state index contributed by atoms with van der Waals surface area (Å²) in [5.41, 5.74) is -0.557. The third kappa shape index (κ3) is 4.03. The van der Waals surface area contributed by atoms with Gasteiger partial charge in [-0.3, -0.25) is 4.79 Å². The molecule has 0 spiro atoms. The van der Waals surface area contributed by atoms with Crippen LogP contribution in [0.5, 0.6) is 0 Å². The Morgan fingerprint density at radius 2 is 1.85 bits per heavy atom. The first-order chi connectivity index (χ1) is 13.0. The molecule has 7 heteroatoms. The largest absolute Gasteiger partial charge is 0.369 e. The van der Waals surface area contributed by atoms with E-state index >= 15 is 0 Å². The number of hydrogen-bond donors (Lipinski definition) is 4. The van der Waals surface area contributed by atoms with Gasteiger partial charge in [0, 0.05) is 38.6 Å². The zero-order valence-electron chi connectivity index (χ0n) is 16.2. The Kier molecular flexibility index (Phi) is 5.50. The highest BCUT2D eigenvalue weighted by Gasteiger charge is 2.51. The molecule has 0 aromatic rings. The molecule has 1 atom stereocenters. The average Bonchev–Trinajstić information content (AvgIpc) is 2.64. The number of rotatable bonds is 8. The molecule has 4 bridgehead atoms. The van der Waals surface area contributed by atoms with Crippen molar-refractivity contribution in [3.63, 3.8) is 0 Å². The number of carbonyl (C=O) groups is 1. The first kappa shape index (κ1) is 19.2. The van der Waals surface area contributed by atoms with Gasteiger partial charge in [0.2, 0.25) is 0 Å². The number of carbonyl (C=O) groups excluding carboxylic acids is 1. The minimum atomic E-state index is -0.881. The van der Waals surface area contributed by atoms with Gasteiger partial charge in [-0.25, -0.2) is 4.99 Å². The molecule has 4 aliphatic carbocycles. The molecular weight excluding hydrogens is 362 g/mol. The van der Waals surface area contributed by atoms with Gasteiger partial charge in [-0.1, -0.05) is 11.6 Å². The number of nitrogens with one attached hydrogen (secondary N) is 4. The second-order valence-electron chi connectivity index (χ2n) is 9.22. The van der Waals surface area contributed by atoms with Crippen molar-refractivity contribution >= 4 is 23.7 Å². The molecule has 1 unspecified atom stereocenters. The summed E-state index contributed by atoms with van der Waals surface area (Å²) < 4.78 is 0. The standard InChI is InChI=1S/C20H32ClN5O/c1-22-2-3-23-12-20(13-24-17(21)10-26-20)18(27)25-11-19-7-14-4-15(8-19)6-16(5-14)9-19/h10,13-16,22-23,26H,2-9,11-12H2,1H3,(H,25,27). The zero-order chi connectivity index (χ0) is 18.9. The van der Waals surface area contributed by atoms with Crippen LogP contribution in [0.15, 0.2) is 16.3 Å². The Morgan fingerprint density at radius 3 is 2.41 bits per heavy atom. The summed E-state index contributed by atoms with van der Waals surface area (Å²) in [4.78, 5) is 17.4. The second-order valence-corrected chi connectivity index (χ2v) is 9.61. The van der Waals surface area contributed by atoms with Crippen LogP contribution in [-0.4, -0.2) is 50.9 Å². The summed E-state index contributed by atoms with van der Waals surface area (Å²) in [7, 11) is 1.92. The molecule has 0 aromatic carbocycles. The quantitative estimate of drug-likeness (QED) is 0.373. The Balaban J connectivity index is 1.39. The lowest BCUT2D eigenvalue weighted by Gasteiger charge is -2.57. The van der Waals surface area contributed by atoms with Gasteiger partial charge in [-0.15, -0.1) is 0 Å². The summed E-state index contributed by atoms with van der Waals surface area (Å²) >= 11 is 5.96. The van der Waals surface area contributed by atoms with Crippen LogP contribution >= 0.6 is 11.6 Å². The summed E-state index contributed by atoms with van der Waals surface area (Å²) in [6.45, 7) is 2.90. The normalized spacial score (nSPS) is 39.2. The number of amides is 1. The van der Waals surface area contributed by atoms with E-state index in [9.17, 15) is 4.79 Å². The van der Waals surface area contributed by atoms with Gasteiger partial charge in [0.1, 0.15) is 5.16 Å². The van der Waals surface area contributed by atoms with Crippen LogP contribution in [0.1, 0.15) is 38.5 Å². The minimum absolute atomic E-state index is 0.0145. The smallest absolute Gasteiger partial charge is 0.252 e. The fourth-order valence-electron chi connectivity index (χ4n) is 6.17. The first-order valence-electron chi connectivity index (χ1n) is 10.3. The van der Waals surface area contributed by atoms with E-state index in [2.05, 4.69) is 26.3 Å². The maximum atomic E-state index is 13.2. The molecule has 4 fully saturated rings. The van der Waals surface area contributed by atoms with Crippen LogP contribution in [0, 0.1) is 23.2 Å². The van der Waals surface area contributed by atoms with Gasteiger partial charge in [-0.2, -0.15) is 0 Å². The van der Waals surface area contributed by atoms with Gasteiger partial charge in [-0.05, 0) is 68.7 Å². The van der Waals surface area contributed by atoms with Crippen LogP contribution < -0.4 is 21.3 Å². The first-order valence-corrected chi connectivity index (χ1v) is 10.7. The van der Waals surface area contributed by atoms with E-state index in [0.717, 1.165) is 37.4 Å². The molecule has 0 aromatic heterocycles. The van der Waals surface area contributed by atoms with Crippen LogP contribution in [0.25, 0.3) is 0 Å². The number of halogens is 1. The minimum Gasteiger partial charge on any atom is -0.369 e. The van der Waals surface area contributed by atoms with Gasteiger partial charge in [0.25, 0.3) is 5.91 Å². The van der Waals surface area contributed by atoms with Gasteiger partial charge in [0.15, 0.2) is 5.54 Å². The Labute approximate surface area is 167 Å². The lowest BCUT2D eigenvalue weighted by atomic mass is 9.49. The maximum Gasteiger partial charge on any atom is 0.252 e. The molecule has 0 radical (unpaired) electrons. The van der Waals surface area contributed by atoms with Crippen molar-refractivity contribution in [1.29, 1.82) is 0 Å². The molecule has 1 aliphatic heterocycles. The van der Waals surface area contributed by atoms with E-state index in [-0.39, 0.29) is 5.91 Å². The SMILES string of the molecule is CNCCNCC1(C(=O)NCC23CC4CC(CC(C4)C2)C3)C=NC(Cl)=CN1. The highest BCUT2D eigenvalue weighted by molar-refractivity contribution is 6.30. The molecule has 1 amide bonds. The topological polar surface area (TPSA) is 77.5 Å². The second kappa shape index (κ2) is 7.72. The summed E-state index contributed by atoms with van der Waals surface area (Å²) in [5.74, 6) is 2.66. The van der Waals surface area contributed by atoms with Crippen molar-refractivity contribution < 1.29 is 4.79 Å². The maximum absolute atomic E-state index is 13.2. The molecule has 6 nitrogen and oxygen atoms in total. The highest BCUT2D eigenvalue weighted by Crippen LogP contribution is 2.59. The number of likely N-dealkylation sites (N-methyl/N-ethyl adjacent to an activating group) is 1. The Hall–Kier alpha value is -1.11. The van der Waals surface area contributed by atoms with E-state index in [1.54, 1.807) is 12.4 Å². The lowest BCUT2D eigenvalue weighted by molar-refractivity contribution is -0.126. The highest BCUT2D eigenvalue weighted by atomic mass is 35.5. The molecule has 1 heterocycles. The van der Waals surface area contributed by atoms with Crippen molar-refractivity contribution in [2.75, 3.05) is 33.2 Å². The number of aliphatic imine (C=N–C) groups is 1.